The van der Waals surface area contributed by atoms with Gasteiger partial charge in [0.2, 0.25) is 5.91 Å². The lowest BCUT2D eigenvalue weighted by molar-refractivity contribution is -0.121. The third-order valence-corrected chi connectivity index (χ3v) is 3.20. The van der Waals surface area contributed by atoms with E-state index in [1.807, 2.05) is 6.92 Å². The van der Waals surface area contributed by atoms with Gasteiger partial charge < -0.3 is 16.4 Å². The van der Waals surface area contributed by atoms with Gasteiger partial charge in [0.05, 0.1) is 0 Å². The second kappa shape index (κ2) is 9.42. The average Bonchev–Trinajstić information content (AvgIpc) is 2.28. The summed E-state index contributed by atoms with van der Waals surface area (Å²) in [6.45, 7) is 10.8. The summed E-state index contributed by atoms with van der Waals surface area (Å²) in [6, 6.07) is 0.273. The van der Waals surface area contributed by atoms with Gasteiger partial charge in [-0.15, -0.1) is 0 Å². The quantitative estimate of drug-likeness (QED) is 0.531. The van der Waals surface area contributed by atoms with Gasteiger partial charge >= 0.3 is 0 Å². The molecule has 4 N–H and O–H groups in total. The Balaban J connectivity index is 3.60. The van der Waals surface area contributed by atoms with Crippen LogP contribution in [-0.4, -0.2) is 31.6 Å². The highest BCUT2D eigenvalue weighted by atomic mass is 16.1. The molecule has 4 heteroatoms. The molecule has 0 bridgehead atoms. The van der Waals surface area contributed by atoms with Gasteiger partial charge in [-0.25, -0.2) is 0 Å². The maximum absolute atomic E-state index is 11.5. The summed E-state index contributed by atoms with van der Waals surface area (Å²) in [6.07, 6.45) is 1.52. The largest absolute Gasteiger partial charge is 0.354 e. The summed E-state index contributed by atoms with van der Waals surface area (Å²) in [5.74, 6) is 1.20. The molecule has 102 valence electrons. The van der Waals surface area contributed by atoms with Crippen LogP contribution in [0.5, 0.6) is 0 Å². The van der Waals surface area contributed by atoms with E-state index in [9.17, 15) is 4.79 Å². The van der Waals surface area contributed by atoms with Crippen molar-refractivity contribution in [2.45, 2.75) is 46.6 Å². The molecule has 0 saturated carbocycles. The molecular weight excluding hydrogens is 214 g/mol. The highest BCUT2D eigenvalue weighted by Gasteiger charge is 2.11. The van der Waals surface area contributed by atoms with Crippen LogP contribution in [0, 0.1) is 11.8 Å². The van der Waals surface area contributed by atoms with Crippen molar-refractivity contribution in [2.24, 2.45) is 17.6 Å². The van der Waals surface area contributed by atoms with Crippen LogP contribution in [0.15, 0.2) is 0 Å². The fourth-order valence-electron chi connectivity index (χ4n) is 1.53. The van der Waals surface area contributed by atoms with Crippen LogP contribution < -0.4 is 16.4 Å². The minimum absolute atomic E-state index is 0.126. The second-order valence-electron chi connectivity index (χ2n) is 5.07. The summed E-state index contributed by atoms with van der Waals surface area (Å²) in [5, 5.41) is 6.25. The van der Waals surface area contributed by atoms with E-state index in [-0.39, 0.29) is 11.9 Å². The maximum Gasteiger partial charge on any atom is 0.221 e. The summed E-state index contributed by atoms with van der Waals surface area (Å²) in [5.41, 5.74) is 5.68. The van der Waals surface area contributed by atoms with Gasteiger partial charge in [0.25, 0.3) is 0 Å². The van der Waals surface area contributed by atoms with Gasteiger partial charge in [0.15, 0.2) is 0 Å². The molecule has 2 unspecified atom stereocenters. The van der Waals surface area contributed by atoms with Crippen molar-refractivity contribution >= 4 is 5.91 Å². The van der Waals surface area contributed by atoms with Crippen LogP contribution in [0.4, 0.5) is 0 Å². The number of nitrogens with one attached hydrogen (secondary N) is 2. The van der Waals surface area contributed by atoms with Crippen molar-refractivity contribution in [3.8, 4) is 0 Å². The molecule has 0 fully saturated rings. The Labute approximate surface area is 106 Å². The van der Waals surface area contributed by atoms with E-state index in [1.54, 1.807) is 0 Å². The average molecular weight is 243 g/mol. The van der Waals surface area contributed by atoms with Crippen LogP contribution in [0.1, 0.15) is 40.5 Å². The zero-order valence-electron chi connectivity index (χ0n) is 11.8. The Kier molecular flexibility index (Phi) is 9.09. The molecule has 0 saturated heterocycles. The Morgan fingerprint density at radius 3 is 2.41 bits per heavy atom. The van der Waals surface area contributed by atoms with Crippen molar-refractivity contribution in [3.05, 3.63) is 0 Å². The first-order chi connectivity index (χ1) is 8.01. The molecule has 17 heavy (non-hydrogen) atoms. The number of nitrogens with two attached hydrogens (primary N) is 1. The predicted octanol–water partition coefficient (Wildman–Crippen LogP) is 1.11. The van der Waals surface area contributed by atoms with E-state index >= 15 is 0 Å². The van der Waals surface area contributed by atoms with Gasteiger partial charge in [0, 0.05) is 19.0 Å². The maximum atomic E-state index is 11.5. The second-order valence-corrected chi connectivity index (χ2v) is 5.07. The zero-order chi connectivity index (χ0) is 13.3. The van der Waals surface area contributed by atoms with Crippen LogP contribution in [0.3, 0.4) is 0 Å². The van der Waals surface area contributed by atoms with Crippen molar-refractivity contribution in [1.29, 1.82) is 0 Å². The van der Waals surface area contributed by atoms with Crippen LogP contribution in [-0.2, 0) is 4.79 Å². The molecule has 4 nitrogen and oxygen atoms in total. The predicted molar refractivity (Wildman–Crippen MR) is 72.8 cm³/mol. The Morgan fingerprint density at radius 1 is 1.29 bits per heavy atom. The zero-order valence-corrected chi connectivity index (χ0v) is 11.8. The van der Waals surface area contributed by atoms with E-state index < -0.39 is 0 Å². The Bertz CT molecular complexity index is 207. The number of hydrogen-bond donors (Lipinski definition) is 3. The van der Waals surface area contributed by atoms with Gasteiger partial charge in [0.1, 0.15) is 0 Å². The van der Waals surface area contributed by atoms with Gasteiger partial charge in [-0.1, -0.05) is 20.8 Å². The topological polar surface area (TPSA) is 67.2 Å². The number of amides is 1. The standard InChI is InChI=1S/C13H29N3O/c1-5-11(4)16-13(17)6-7-15-9-12(8-14)10(2)3/h10-12,15H,5-9,14H2,1-4H3,(H,16,17). The summed E-state index contributed by atoms with van der Waals surface area (Å²) < 4.78 is 0. The Hall–Kier alpha value is -0.610. The van der Waals surface area contributed by atoms with Crippen molar-refractivity contribution in [3.63, 3.8) is 0 Å². The van der Waals surface area contributed by atoms with Crippen LogP contribution >= 0.6 is 0 Å². The normalized spacial score (nSPS) is 14.7. The summed E-state index contributed by atoms with van der Waals surface area (Å²) >= 11 is 0. The first kappa shape index (κ1) is 16.4. The molecule has 2 atom stereocenters. The number of hydrogen-bond acceptors (Lipinski definition) is 3. The van der Waals surface area contributed by atoms with Crippen LogP contribution in [0.25, 0.3) is 0 Å². The van der Waals surface area contributed by atoms with E-state index in [0.29, 0.717) is 24.8 Å². The van der Waals surface area contributed by atoms with Crippen LogP contribution in [0.2, 0.25) is 0 Å². The molecule has 0 aromatic heterocycles. The molecule has 0 aromatic rings. The minimum Gasteiger partial charge on any atom is -0.354 e. The highest BCUT2D eigenvalue weighted by molar-refractivity contribution is 5.76. The summed E-state index contributed by atoms with van der Waals surface area (Å²) in [4.78, 5) is 11.5. The van der Waals surface area contributed by atoms with Gasteiger partial charge in [-0.2, -0.15) is 0 Å². The highest BCUT2D eigenvalue weighted by Crippen LogP contribution is 2.07. The molecule has 0 heterocycles. The molecule has 0 aliphatic heterocycles. The molecular formula is C13H29N3O. The Morgan fingerprint density at radius 2 is 1.94 bits per heavy atom. The third kappa shape index (κ3) is 8.16. The molecule has 1 amide bonds. The molecule has 0 radical (unpaired) electrons. The van der Waals surface area contributed by atoms with Crippen molar-refractivity contribution < 1.29 is 4.79 Å². The lowest BCUT2D eigenvalue weighted by Crippen LogP contribution is -2.36. The first-order valence-corrected chi connectivity index (χ1v) is 6.71. The van der Waals surface area contributed by atoms with Gasteiger partial charge in [-0.3, -0.25) is 4.79 Å². The third-order valence-electron chi connectivity index (χ3n) is 3.20. The number of carbonyl (C=O) groups is 1. The molecule has 0 aromatic carbocycles. The number of rotatable bonds is 9. The fraction of sp³-hybridized carbons (Fsp3) is 0.923. The molecule has 0 spiro atoms. The fourth-order valence-corrected chi connectivity index (χ4v) is 1.53. The van der Waals surface area contributed by atoms with E-state index in [2.05, 4.69) is 31.4 Å². The molecule has 0 aliphatic carbocycles. The minimum atomic E-state index is 0.126. The summed E-state index contributed by atoms with van der Waals surface area (Å²) in [7, 11) is 0. The van der Waals surface area contributed by atoms with E-state index in [0.717, 1.165) is 19.5 Å². The lowest BCUT2D eigenvalue weighted by Gasteiger charge is -2.19. The van der Waals surface area contributed by atoms with E-state index in [1.165, 1.54) is 0 Å². The lowest BCUT2D eigenvalue weighted by atomic mass is 9.96. The van der Waals surface area contributed by atoms with E-state index in [4.69, 9.17) is 5.73 Å². The number of carbonyl (C=O) groups excluding carboxylic acids is 1. The van der Waals surface area contributed by atoms with Crippen molar-refractivity contribution in [2.75, 3.05) is 19.6 Å². The smallest absolute Gasteiger partial charge is 0.221 e. The van der Waals surface area contributed by atoms with Gasteiger partial charge in [-0.05, 0) is 38.3 Å². The molecule has 0 rings (SSSR count). The SMILES string of the molecule is CCC(C)NC(=O)CCNCC(CN)C(C)C. The van der Waals surface area contributed by atoms with Crippen molar-refractivity contribution in [1.82, 2.24) is 10.6 Å². The monoisotopic (exact) mass is 243 g/mol. The molecule has 0 aliphatic rings. The first-order valence-electron chi connectivity index (χ1n) is 6.71.